The van der Waals surface area contributed by atoms with Crippen LogP contribution < -0.4 is 5.73 Å². The summed E-state index contributed by atoms with van der Waals surface area (Å²) in [5, 5.41) is 0.760. The molecule has 0 atom stereocenters. The molecule has 2 N–H and O–H groups in total. The van der Waals surface area contributed by atoms with Crippen LogP contribution in [0.2, 0.25) is 0 Å². The number of benzene rings is 1. The molecule has 0 saturated heterocycles. The molecule has 2 aromatic rings. The number of nitrogens with two attached hydrogens (primary N) is 1. The van der Waals surface area contributed by atoms with Gasteiger partial charge in [-0.05, 0) is 12.1 Å². The molecule has 0 aliphatic rings. The standard InChI is InChI=1S/C11H12FN3S/c12-9-3-1-2-4-10(9)15-7-6-14-11(15)16-8-5-13/h1-4,6-7H,5,8,13H2. The van der Waals surface area contributed by atoms with Gasteiger partial charge in [-0.15, -0.1) is 0 Å². The molecule has 0 aliphatic heterocycles. The van der Waals surface area contributed by atoms with Gasteiger partial charge < -0.3 is 5.73 Å². The molecule has 0 spiro atoms. The van der Waals surface area contributed by atoms with Gasteiger partial charge in [-0.3, -0.25) is 4.57 Å². The number of nitrogens with zero attached hydrogens (tertiary/aromatic N) is 2. The quantitative estimate of drug-likeness (QED) is 0.828. The topological polar surface area (TPSA) is 43.8 Å². The fourth-order valence-corrected chi connectivity index (χ4v) is 2.11. The van der Waals surface area contributed by atoms with Crippen LogP contribution in [0.1, 0.15) is 0 Å². The van der Waals surface area contributed by atoms with Gasteiger partial charge in [0.2, 0.25) is 0 Å². The number of thioether (sulfide) groups is 1. The van der Waals surface area contributed by atoms with Gasteiger partial charge in [0.05, 0.1) is 5.69 Å². The van der Waals surface area contributed by atoms with Crippen molar-refractivity contribution in [3.8, 4) is 5.69 Å². The highest BCUT2D eigenvalue weighted by Crippen LogP contribution is 2.21. The third kappa shape index (κ3) is 2.25. The molecule has 0 amide bonds. The Bertz CT molecular complexity index is 470. The first-order valence-corrected chi connectivity index (χ1v) is 5.92. The first-order valence-electron chi connectivity index (χ1n) is 4.94. The minimum Gasteiger partial charge on any atom is -0.330 e. The van der Waals surface area contributed by atoms with E-state index in [0.29, 0.717) is 12.2 Å². The van der Waals surface area contributed by atoms with Crippen molar-refractivity contribution in [3.63, 3.8) is 0 Å². The number of imidazole rings is 1. The highest BCUT2D eigenvalue weighted by atomic mass is 32.2. The lowest BCUT2D eigenvalue weighted by Gasteiger charge is -2.07. The van der Waals surface area contributed by atoms with Crippen LogP contribution in [-0.2, 0) is 0 Å². The monoisotopic (exact) mass is 237 g/mol. The molecule has 0 fully saturated rings. The fourth-order valence-electron chi connectivity index (χ4n) is 1.38. The normalized spacial score (nSPS) is 10.6. The van der Waals surface area contributed by atoms with E-state index in [2.05, 4.69) is 4.98 Å². The SMILES string of the molecule is NCCSc1nccn1-c1ccccc1F. The lowest BCUT2D eigenvalue weighted by molar-refractivity contribution is 0.613. The van der Waals surface area contributed by atoms with Crippen LogP contribution in [0.15, 0.2) is 41.8 Å². The van der Waals surface area contributed by atoms with Crippen LogP contribution in [0.5, 0.6) is 0 Å². The molecule has 5 heteroatoms. The smallest absolute Gasteiger partial charge is 0.172 e. The zero-order valence-corrected chi connectivity index (χ0v) is 9.45. The number of hydrogen-bond acceptors (Lipinski definition) is 3. The van der Waals surface area contributed by atoms with Gasteiger partial charge in [0.15, 0.2) is 5.16 Å². The van der Waals surface area contributed by atoms with Crippen molar-refractivity contribution in [2.24, 2.45) is 5.73 Å². The van der Waals surface area contributed by atoms with Crippen molar-refractivity contribution in [2.45, 2.75) is 5.16 Å². The van der Waals surface area contributed by atoms with E-state index in [9.17, 15) is 4.39 Å². The highest BCUT2D eigenvalue weighted by Gasteiger charge is 2.08. The largest absolute Gasteiger partial charge is 0.330 e. The Hall–Kier alpha value is -1.33. The highest BCUT2D eigenvalue weighted by molar-refractivity contribution is 7.99. The van der Waals surface area contributed by atoms with Crippen LogP contribution in [0.4, 0.5) is 4.39 Å². The second kappa shape index (κ2) is 5.14. The second-order valence-corrected chi connectivity index (χ2v) is 4.23. The molecule has 0 unspecified atom stereocenters. The van der Waals surface area contributed by atoms with Crippen molar-refractivity contribution in [1.82, 2.24) is 9.55 Å². The summed E-state index contributed by atoms with van der Waals surface area (Å²) in [6.45, 7) is 0.578. The van der Waals surface area contributed by atoms with Crippen molar-refractivity contribution in [3.05, 3.63) is 42.5 Å². The summed E-state index contributed by atoms with van der Waals surface area (Å²) < 4.78 is 15.3. The lowest BCUT2D eigenvalue weighted by atomic mass is 10.3. The summed E-state index contributed by atoms with van der Waals surface area (Å²) in [4.78, 5) is 4.17. The predicted octanol–water partition coefficient (Wildman–Crippen LogP) is 2.06. The molecule has 3 nitrogen and oxygen atoms in total. The number of rotatable bonds is 4. The molecule has 0 aliphatic carbocycles. The molecule has 0 radical (unpaired) electrons. The van der Waals surface area contributed by atoms with Crippen molar-refractivity contribution < 1.29 is 4.39 Å². The predicted molar refractivity (Wildman–Crippen MR) is 63.3 cm³/mol. The van der Waals surface area contributed by atoms with E-state index >= 15 is 0 Å². The zero-order valence-electron chi connectivity index (χ0n) is 8.64. The maximum Gasteiger partial charge on any atom is 0.172 e. The third-order valence-corrected chi connectivity index (χ3v) is 3.07. The van der Waals surface area contributed by atoms with Gasteiger partial charge >= 0.3 is 0 Å². The van der Waals surface area contributed by atoms with Gasteiger partial charge in [-0.1, -0.05) is 23.9 Å². The Kier molecular flexibility index (Phi) is 3.58. The molecule has 2 rings (SSSR count). The maximum atomic E-state index is 13.6. The average molecular weight is 237 g/mol. The fraction of sp³-hybridized carbons (Fsp3) is 0.182. The Morgan fingerprint density at radius 2 is 2.19 bits per heavy atom. The summed E-state index contributed by atoms with van der Waals surface area (Å²) >= 11 is 1.52. The maximum absolute atomic E-state index is 13.6. The van der Waals surface area contributed by atoms with Crippen molar-refractivity contribution in [2.75, 3.05) is 12.3 Å². The molecule has 16 heavy (non-hydrogen) atoms. The molecular formula is C11H12FN3S. The molecular weight excluding hydrogens is 225 g/mol. The first-order chi connectivity index (χ1) is 7.83. The summed E-state index contributed by atoms with van der Waals surface area (Å²) in [6, 6.07) is 6.63. The summed E-state index contributed by atoms with van der Waals surface area (Å²) in [5.74, 6) is 0.515. The molecule has 1 aromatic carbocycles. The molecule has 84 valence electrons. The van der Waals surface area contributed by atoms with Crippen LogP contribution in [0.3, 0.4) is 0 Å². The number of hydrogen-bond donors (Lipinski definition) is 1. The molecule has 1 heterocycles. The summed E-state index contributed by atoms with van der Waals surface area (Å²) in [6.07, 6.45) is 3.41. The minimum absolute atomic E-state index is 0.255. The summed E-state index contributed by atoms with van der Waals surface area (Å²) in [5.41, 5.74) is 5.95. The van der Waals surface area contributed by atoms with E-state index in [-0.39, 0.29) is 5.82 Å². The lowest BCUT2D eigenvalue weighted by Crippen LogP contribution is -2.04. The van der Waals surface area contributed by atoms with Gasteiger partial charge in [-0.25, -0.2) is 9.37 Å². The van der Waals surface area contributed by atoms with E-state index in [0.717, 1.165) is 10.9 Å². The van der Waals surface area contributed by atoms with E-state index in [4.69, 9.17) is 5.73 Å². The first kappa shape index (κ1) is 11.2. The molecule has 0 saturated carbocycles. The van der Waals surface area contributed by atoms with Gasteiger partial charge in [0, 0.05) is 24.7 Å². The van der Waals surface area contributed by atoms with E-state index in [1.807, 2.05) is 0 Å². The van der Waals surface area contributed by atoms with Gasteiger partial charge in [0.1, 0.15) is 5.82 Å². The van der Waals surface area contributed by atoms with Crippen LogP contribution in [0, 0.1) is 5.82 Å². The number of halogens is 1. The average Bonchev–Trinajstić information content (AvgIpc) is 2.75. The minimum atomic E-state index is -0.255. The molecule has 1 aromatic heterocycles. The van der Waals surface area contributed by atoms with E-state index in [1.165, 1.54) is 17.8 Å². The zero-order chi connectivity index (χ0) is 11.4. The van der Waals surface area contributed by atoms with Crippen molar-refractivity contribution >= 4 is 11.8 Å². The Morgan fingerprint density at radius 1 is 1.38 bits per heavy atom. The van der Waals surface area contributed by atoms with E-state index < -0.39 is 0 Å². The third-order valence-electron chi connectivity index (χ3n) is 2.07. The van der Waals surface area contributed by atoms with E-state index in [1.54, 1.807) is 35.2 Å². The number of aromatic nitrogens is 2. The Balaban J connectivity index is 2.33. The van der Waals surface area contributed by atoms with Gasteiger partial charge in [0.25, 0.3) is 0 Å². The van der Waals surface area contributed by atoms with Crippen LogP contribution in [0.25, 0.3) is 5.69 Å². The van der Waals surface area contributed by atoms with Gasteiger partial charge in [-0.2, -0.15) is 0 Å². The van der Waals surface area contributed by atoms with Crippen LogP contribution >= 0.6 is 11.8 Å². The molecule has 0 bridgehead atoms. The van der Waals surface area contributed by atoms with Crippen LogP contribution in [-0.4, -0.2) is 21.8 Å². The number of para-hydroxylation sites is 1. The summed E-state index contributed by atoms with van der Waals surface area (Å²) in [7, 11) is 0. The Morgan fingerprint density at radius 3 is 2.94 bits per heavy atom. The second-order valence-electron chi connectivity index (χ2n) is 3.17. The Labute approximate surface area is 97.5 Å². The van der Waals surface area contributed by atoms with Crippen molar-refractivity contribution in [1.29, 1.82) is 0 Å².